The minimum absolute atomic E-state index is 0.395. The lowest BCUT2D eigenvalue weighted by Gasteiger charge is -2.34. The van der Waals surface area contributed by atoms with E-state index in [1.165, 1.54) is 30.6 Å². The van der Waals surface area contributed by atoms with Gasteiger partial charge in [-0.1, -0.05) is 33.8 Å². The van der Waals surface area contributed by atoms with Crippen LogP contribution in [0.4, 0.5) is 0 Å². The second-order valence-electron chi connectivity index (χ2n) is 5.47. The average Bonchev–Trinajstić information content (AvgIpc) is 2.82. The van der Waals surface area contributed by atoms with E-state index in [4.69, 9.17) is 0 Å². The quantitative estimate of drug-likeness (QED) is 0.720. The Labute approximate surface area is 111 Å². The Morgan fingerprint density at radius 3 is 2.65 bits per heavy atom. The fraction of sp³-hybridized carbons (Fsp3) is 0.733. The Kier molecular flexibility index (Phi) is 6.21. The van der Waals surface area contributed by atoms with Crippen LogP contribution in [-0.2, 0) is 6.42 Å². The summed E-state index contributed by atoms with van der Waals surface area (Å²) in [5, 5.41) is 5.90. The largest absolute Gasteiger partial charge is 0.313 e. The number of hydrogen-bond acceptors (Lipinski definition) is 2. The van der Waals surface area contributed by atoms with Gasteiger partial charge in [0, 0.05) is 10.9 Å². The molecular formula is C15H27NS. The van der Waals surface area contributed by atoms with Gasteiger partial charge in [0.1, 0.15) is 0 Å². The molecule has 1 aromatic rings. The molecule has 98 valence electrons. The maximum atomic E-state index is 3.73. The van der Waals surface area contributed by atoms with Crippen molar-refractivity contribution < 1.29 is 0 Å². The maximum absolute atomic E-state index is 3.73. The molecule has 1 rings (SSSR count). The minimum atomic E-state index is 0.395. The van der Waals surface area contributed by atoms with E-state index < -0.39 is 0 Å². The molecule has 1 heterocycles. The molecule has 1 unspecified atom stereocenters. The standard InChI is InChI=1S/C15H27NS/c1-5-11-16-14(15(3,4)6-2)10-9-13-8-7-12-17-13/h7-8,12,14,16H,5-6,9-11H2,1-4H3. The van der Waals surface area contributed by atoms with Crippen LogP contribution >= 0.6 is 11.3 Å². The van der Waals surface area contributed by atoms with Gasteiger partial charge in [-0.05, 0) is 49.1 Å². The van der Waals surface area contributed by atoms with Crippen LogP contribution in [0.2, 0.25) is 0 Å². The molecule has 0 saturated carbocycles. The number of aryl methyl sites for hydroxylation is 1. The summed E-state index contributed by atoms with van der Waals surface area (Å²) in [6.45, 7) is 10.4. The Morgan fingerprint density at radius 2 is 2.12 bits per heavy atom. The Morgan fingerprint density at radius 1 is 1.35 bits per heavy atom. The monoisotopic (exact) mass is 253 g/mol. The highest BCUT2D eigenvalue weighted by atomic mass is 32.1. The van der Waals surface area contributed by atoms with Crippen LogP contribution in [0.25, 0.3) is 0 Å². The molecular weight excluding hydrogens is 226 g/mol. The van der Waals surface area contributed by atoms with Gasteiger partial charge in [-0.15, -0.1) is 11.3 Å². The lowest BCUT2D eigenvalue weighted by atomic mass is 9.79. The Hall–Kier alpha value is -0.340. The highest BCUT2D eigenvalue weighted by molar-refractivity contribution is 7.09. The van der Waals surface area contributed by atoms with E-state index in [2.05, 4.69) is 50.5 Å². The molecule has 1 N–H and O–H groups in total. The first-order valence-corrected chi connectivity index (χ1v) is 7.74. The SMILES string of the molecule is CCCNC(CCc1cccs1)C(C)(C)CC. The van der Waals surface area contributed by atoms with Crippen molar-refractivity contribution >= 4 is 11.3 Å². The van der Waals surface area contributed by atoms with Gasteiger partial charge in [0.15, 0.2) is 0 Å². The van der Waals surface area contributed by atoms with Crippen LogP contribution in [0.3, 0.4) is 0 Å². The van der Waals surface area contributed by atoms with Gasteiger partial charge in [0.05, 0.1) is 0 Å². The zero-order valence-electron chi connectivity index (χ0n) is 11.8. The smallest absolute Gasteiger partial charge is 0.0122 e. The number of rotatable bonds is 8. The fourth-order valence-corrected chi connectivity index (χ4v) is 2.80. The van der Waals surface area contributed by atoms with Crippen molar-refractivity contribution in [3.63, 3.8) is 0 Å². The first kappa shape index (κ1) is 14.7. The van der Waals surface area contributed by atoms with Gasteiger partial charge in [-0.2, -0.15) is 0 Å². The highest BCUT2D eigenvalue weighted by Crippen LogP contribution is 2.28. The third-order valence-electron chi connectivity index (χ3n) is 3.75. The molecule has 0 spiro atoms. The van der Waals surface area contributed by atoms with Crippen LogP contribution in [-0.4, -0.2) is 12.6 Å². The molecule has 0 fully saturated rings. The maximum Gasteiger partial charge on any atom is 0.0122 e. The van der Waals surface area contributed by atoms with E-state index in [0.717, 1.165) is 6.54 Å². The normalized spacial score (nSPS) is 13.9. The summed E-state index contributed by atoms with van der Waals surface area (Å²) in [6, 6.07) is 5.04. The first-order chi connectivity index (χ1) is 8.10. The fourth-order valence-electron chi connectivity index (χ4n) is 2.08. The second-order valence-corrected chi connectivity index (χ2v) is 6.50. The second kappa shape index (κ2) is 7.17. The number of thiophene rings is 1. The summed E-state index contributed by atoms with van der Waals surface area (Å²) in [5.74, 6) is 0. The molecule has 0 aliphatic rings. The summed E-state index contributed by atoms with van der Waals surface area (Å²) in [4.78, 5) is 1.51. The van der Waals surface area contributed by atoms with Crippen LogP contribution in [0, 0.1) is 5.41 Å². The van der Waals surface area contributed by atoms with Gasteiger partial charge < -0.3 is 5.32 Å². The molecule has 1 nitrogen and oxygen atoms in total. The topological polar surface area (TPSA) is 12.0 Å². The molecule has 0 saturated heterocycles. The molecule has 0 bridgehead atoms. The van der Waals surface area contributed by atoms with Crippen LogP contribution in [0.15, 0.2) is 17.5 Å². The van der Waals surface area contributed by atoms with Crippen molar-refractivity contribution in [3.05, 3.63) is 22.4 Å². The van der Waals surface area contributed by atoms with Crippen LogP contribution < -0.4 is 5.32 Å². The van der Waals surface area contributed by atoms with E-state index in [0.29, 0.717) is 11.5 Å². The summed E-state index contributed by atoms with van der Waals surface area (Å²) in [5.41, 5.74) is 0.395. The Bertz CT molecular complexity index is 290. The van der Waals surface area contributed by atoms with Crippen molar-refractivity contribution in [1.29, 1.82) is 0 Å². The van der Waals surface area contributed by atoms with Gasteiger partial charge in [0.25, 0.3) is 0 Å². The molecule has 1 aromatic heterocycles. The molecule has 0 aromatic carbocycles. The number of nitrogens with one attached hydrogen (secondary N) is 1. The van der Waals surface area contributed by atoms with Gasteiger partial charge in [-0.25, -0.2) is 0 Å². The lowest BCUT2D eigenvalue weighted by molar-refractivity contribution is 0.221. The van der Waals surface area contributed by atoms with E-state index in [9.17, 15) is 0 Å². The molecule has 0 amide bonds. The molecule has 0 aliphatic heterocycles. The summed E-state index contributed by atoms with van der Waals surface area (Å²) in [6.07, 6.45) is 4.91. The zero-order valence-corrected chi connectivity index (χ0v) is 12.6. The average molecular weight is 253 g/mol. The molecule has 17 heavy (non-hydrogen) atoms. The van der Waals surface area contributed by atoms with Gasteiger partial charge in [0.2, 0.25) is 0 Å². The summed E-state index contributed by atoms with van der Waals surface area (Å²) < 4.78 is 0. The predicted octanol–water partition coefficient (Wildman–Crippen LogP) is 4.49. The van der Waals surface area contributed by atoms with Crippen molar-refractivity contribution in [2.45, 2.75) is 59.4 Å². The lowest BCUT2D eigenvalue weighted by Crippen LogP contribution is -2.42. The van der Waals surface area contributed by atoms with E-state index in [1.807, 2.05) is 11.3 Å². The van der Waals surface area contributed by atoms with Gasteiger partial charge >= 0.3 is 0 Å². The zero-order chi connectivity index (χ0) is 12.7. The predicted molar refractivity (Wildman–Crippen MR) is 78.8 cm³/mol. The summed E-state index contributed by atoms with van der Waals surface area (Å²) in [7, 11) is 0. The van der Waals surface area contributed by atoms with Crippen molar-refractivity contribution in [2.24, 2.45) is 5.41 Å². The van der Waals surface area contributed by atoms with Gasteiger partial charge in [-0.3, -0.25) is 0 Å². The molecule has 0 aliphatic carbocycles. The Balaban J connectivity index is 2.51. The van der Waals surface area contributed by atoms with E-state index >= 15 is 0 Å². The van der Waals surface area contributed by atoms with Crippen LogP contribution in [0.5, 0.6) is 0 Å². The molecule has 0 radical (unpaired) electrons. The third kappa shape index (κ3) is 4.81. The van der Waals surface area contributed by atoms with E-state index in [1.54, 1.807) is 0 Å². The van der Waals surface area contributed by atoms with Crippen molar-refractivity contribution in [2.75, 3.05) is 6.54 Å². The van der Waals surface area contributed by atoms with Crippen LogP contribution in [0.1, 0.15) is 51.8 Å². The highest BCUT2D eigenvalue weighted by Gasteiger charge is 2.26. The number of hydrogen-bond donors (Lipinski definition) is 1. The first-order valence-electron chi connectivity index (χ1n) is 6.86. The minimum Gasteiger partial charge on any atom is -0.313 e. The van der Waals surface area contributed by atoms with Crippen molar-refractivity contribution in [1.82, 2.24) is 5.32 Å². The molecule has 1 atom stereocenters. The van der Waals surface area contributed by atoms with E-state index in [-0.39, 0.29) is 0 Å². The summed E-state index contributed by atoms with van der Waals surface area (Å²) >= 11 is 1.88. The molecule has 2 heteroatoms. The van der Waals surface area contributed by atoms with Crippen molar-refractivity contribution in [3.8, 4) is 0 Å². The third-order valence-corrected chi connectivity index (χ3v) is 4.69.